The number of piperidine rings is 1. The highest BCUT2D eigenvalue weighted by Gasteiger charge is 2.37. The fraction of sp³-hybridized carbons (Fsp3) is 0.480. The van der Waals surface area contributed by atoms with Crippen molar-refractivity contribution in [2.75, 3.05) is 13.1 Å². The number of nitrogens with zero attached hydrogens (tertiary/aromatic N) is 1. The summed E-state index contributed by atoms with van der Waals surface area (Å²) in [6, 6.07) is 8.15. The smallest absolute Gasteiger partial charge is 0.416 e. The highest BCUT2D eigenvalue weighted by molar-refractivity contribution is 5.62. The van der Waals surface area contributed by atoms with Crippen LogP contribution in [-0.4, -0.2) is 29.1 Å². The van der Waals surface area contributed by atoms with E-state index in [1.807, 2.05) is 18.7 Å². The number of benzene rings is 2. The van der Waals surface area contributed by atoms with E-state index in [0.717, 1.165) is 50.5 Å². The minimum absolute atomic E-state index is 0.0547. The first-order chi connectivity index (χ1) is 17.0. The van der Waals surface area contributed by atoms with Crippen LogP contribution in [0.15, 0.2) is 48.5 Å². The van der Waals surface area contributed by atoms with E-state index >= 15 is 0 Å². The van der Waals surface area contributed by atoms with Gasteiger partial charge in [0, 0.05) is 13.5 Å². The molecule has 0 atom stereocenters. The van der Waals surface area contributed by atoms with E-state index in [1.54, 1.807) is 6.07 Å². The summed E-state index contributed by atoms with van der Waals surface area (Å²) in [5.41, 5.74) is -3.04. The molecule has 0 saturated carbocycles. The molecule has 1 aliphatic heterocycles. The predicted octanol–water partition coefficient (Wildman–Crippen LogP) is 8.53. The van der Waals surface area contributed by atoms with Crippen LogP contribution in [0.3, 0.4) is 0 Å². The summed E-state index contributed by atoms with van der Waals surface area (Å²) in [7, 11) is 0. The SMILES string of the molecule is CC.CC(=O)O.FC(F)(F)c1cc(CN2CCCCC2)cc(C(F)(F)F)c1.FC(F)(F)c1ccccc1. The second-order valence-electron chi connectivity index (χ2n) is 7.63. The van der Waals surface area contributed by atoms with E-state index in [-0.39, 0.29) is 18.2 Å². The fourth-order valence-corrected chi connectivity index (χ4v) is 3.11. The van der Waals surface area contributed by atoms with Gasteiger partial charge in [-0.2, -0.15) is 39.5 Å². The van der Waals surface area contributed by atoms with Crippen molar-refractivity contribution < 1.29 is 49.4 Å². The first-order valence-corrected chi connectivity index (χ1v) is 11.3. The average molecular weight is 548 g/mol. The second-order valence-corrected chi connectivity index (χ2v) is 7.63. The van der Waals surface area contributed by atoms with Crippen LogP contribution in [-0.2, 0) is 29.9 Å². The van der Waals surface area contributed by atoms with Crippen LogP contribution in [0.1, 0.15) is 62.3 Å². The van der Waals surface area contributed by atoms with Crippen molar-refractivity contribution in [3.63, 3.8) is 0 Å². The molecular weight excluding hydrogens is 517 g/mol. The molecule has 3 rings (SSSR count). The standard InChI is InChI=1S/C14H15F6N.C7H5F3.C2H4O2.C2H6/c15-13(16,17)11-6-10(7-12(8-11)14(18,19)20)9-21-4-2-1-3-5-21;8-7(9,10)6-4-2-1-3-5-6;1-2(3)4;1-2/h6-8H,1-5,9H2;1-5H;1H3,(H,3,4);1-2H3. The molecule has 0 aliphatic carbocycles. The van der Waals surface area contributed by atoms with Crippen LogP contribution in [0, 0.1) is 0 Å². The Balaban J connectivity index is 0.000000671. The molecule has 37 heavy (non-hydrogen) atoms. The third-order valence-electron chi connectivity index (χ3n) is 4.60. The summed E-state index contributed by atoms with van der Waals surface area (Å²) >= 11 is 0. The Kier molecular flexibility index (Phi) is 14.3. The number of rotatable bonds is 2. The van der Waals surface area contributed by atoms with Gasteiger partial charge in [0.15, 0.2) is 0 Å². The van der Waals surface area contributed by atoms with Gasteiger partial charge in [0.1, 0.15) is 0 Å². The predicted molar refractivity (Wildman–Crippen MR) is 122 cm³/mol. The summed E-state index contributed by atoms with van der Waals surface area (Å²) in [5.74, 6) is -0.833. The number of hydrogen-bond acceptors (Lipinski definition) is 2. The number of carbonyl (C=O) groups is 1. The Hall–Kier alpha value is -2.76. The third-order valence-corrected chi connectivity index (χ3v) is 4.60. The van der Waals surface area contributed by atoms with Gasteiger partial charge in [0.05, 0.1) is 16.7 Å². The number of likely N-dealkylation sites (tertiary alicyclic amines) is 1. The van der Waals surface area contributed by atoms with Crippen molar-refractivity contribution in [3.05, 3.63) is 70.8 Å². The number of alkyl halides is 9. The molecule has 0 spiro atoms. The topological polar surface area (TPSA) is 40.5 Å². The fourth-order valence-electron chi connectivity index (χ4n) is 3.11. The van der Waals surface area contributed by atoms with E-state index in [9.17, 15) is 39.5 Å². The molecule has 2 aromatic carbocycles. The van der Waals surface area contributed by atoms with Crippen molar-refractivity contribution in [2.45, 2.75) is 65.1 Å². The molecular formula is C25H30F9NO2. The Morgan fingerprint density at radius 1 is 0.730 bits per heavy atom. The van der Waals surface area contributed by atoms with Gasteiger partial charge in [-0.05, 0) is 49.7 Å². The van der Waals surface area contributed by atoms with Gasteiger partial charge < -0.3 is 5.11 Å². The molecule has 1 aliphatic rings. The maximum Gasteiger partial charge on any atom is 0.416 e. The van der Waals surface area contributed by atoms with E-state index < -0.39 is 41.2 Å². The van der Waals surface area contributed by atoms with E-state index in [2.05, 4.69) is 0 Å². The number of carboxylic acids is 1. The van der Waals surface area contributed by atoms with Gasteiger partial charge in [-0.25, -0.2) is 0 Å². The first kappa shape index (κ1) is 34.2. The lowest BCUT2D eigenvalue weighted by Gasteiger charge is -2.27. The summed E-state index contributed by atoms with van der Waals surface area (Å²) < 4.78 is 112. The maximum absolute atomic E-state index is 12.7. The van der Waals surface area contributed by atoms with Crippen LogP contribution < -0.4 is 0 Å². The summed E-state index contributed by atoms with van der Waals surface area (Å²) in [5, 5.41) is 7.42. The molecule has 0 unspecified atom stereocenters. The quantitative estimate of drug-likeness (QED) is 0.383. The van der Waals surface area contributed by atoms with E-state index in [0.29, 0.717) is 13.1 Å². The van der Waals surface area contributed by atoms with Gasteiger partial charge in [-0.15, -0.1) is 0 Å². The Morgan fingerprint density at radius 3 is 1.43 bits per heavy atom. The molecule has 1 fully saturated rings. The number of carboxylic acid groups (broad SMARTS) is 1. The summed E-state index contributed by atoms with van der Waals surface area (Å²) in [6.45, 7) is 6.61. The van der Waals surface area contributed by atoms with Gasteiger partial charge in [0.25, 0.3) is 5.97 Å². The van der Waals surface area contributed by atoms with Crippen molar-refractivity contribution >= 4 is 5.97 Å². The number of halogens is 9. The number of hydrogen-bond donors (Lipinski definition) is 1. The molecule has 0 amide bonds. The van der Waals surface area contributed by atoms with Gasteiger partial charge in [-0.3, -0.25) is 9.69 Å². The number of aliphatic carboxylic acids is 1. The third kappa shape index (κ3) is 14.5. The van der Waals surface area contributed by atoms with Crippen molar-refractivity contribution in [1.29, 1.82) is 0 Å². The minimum Gasteiger partial charge on any atom is -0.481 e. The molecule has 0 aromatic heterocycles. The maximum atomic E-state index is 12.7. The zero-order chi connectivity index (χ0) is 28.9. The van der Waals surface area contributed by atoms with Crippen LogP contribution >= 0.6 is 0 Å². The van der Waals surface area contributed by atoms with Crippen LogP contribution in [0.5, 0.6) is 0 Å². The minimum atomic E-state index is -4.78. The Labute approximate surface area is 209 Å². The Morgan fingerprint density at radius 2 is 1.11 bits per heavy atom. The molecule has 0 bridgehead atoms. The van der Waals surface area contributed by atoms with Gasteiger partial charge >= 0.3 is 18.5 Å². The highest BCUT2D eigenvalue weighted by atomic mass is 19.4. The second kappa shape index (κ2) is 15.5. The lowest BCUT2D eigenvalue weighted by atomic mass is 10.0. The molecule has 3 nitrogen and oxygen atoms in total. The van der Waals surface area contributed by atoms with Crippen molar-refractivity contribution in [2.24, 2.45) is 0 Å². The van der Waals surface area contributed by atoms with Gasteiger partial charge in [-0.1, -0.05) is 50.6 Å². The Bertz CT molecular complexity index is 882. The molecule has 12 heteroatoms. The first-order valence-electron chi connectivity index (χ1n) is 11.3. The lowest BCUT2D eigenvalue weighted by Crippen LogP contribution is -2.29. The zero-order valence-electron chi connectivity index (χ0n) is 20.6. The normalized spacial score (nSPS) is 14.2. The molecule has 1 heterocycles. The van der Waals surface area contributed by atoms with Crippen molar-refractivity contribution in [1.82, 2.24) is 4.90 Å². The summed E-state index contributed by atoms with van der Waals surface area (Å²) in [4.78, 5) is 10.9. The van der Waals surface area contributed by atoms with Gasteiger partial charge in [0.2, 0.25) is 0 Å². The van der Waals surface area contributed by atoms with E-state index in [4.69, 9.17) is 9.90 Å². The molecule has 1 N–H and O–H groups in total. The largest absolute Gasteiger partial charge is 0.481 e. The molecule has 0 radical (unpaired) electrons. The molecule has 210 valence electrons. The van der Waals surface area contributed by atoms with Crippen LogP contribution in [0.25, 0.3) is 0 Å². The van der Waals surface area contributed by atoms with Crippen LogP contribution in [0.2, 0.25) is 0 Å². The van der Waals surface area contributed by atoms with Crippen molar-refractivity contribution in [3.8, 4) is 0 Å². The highest BCUT2D eigenvalue weighted by Crippen LogP contribution is 2.36. The summed E-state index contributed by atoms with van der Waals surface area (Å²) in [6.07, 6.45) is -10.9. The van der Waals surface area contributed by atoms with E-state index in [1.165, 1.54) is 12.1 Å². The molecule has 1 saturated heterocycles. The monoisotopic (exact) mass is 547 g/mol. The average Bonchev–Trinajstić information content (AvgIpc) is 2.80. The van der Waals surface area contributed by atoms with Crippen LogP contribution in [0.4, 0.5) is 39.5 Å². The molecule has 2 aromatic rings. The lowest BCUT2D eigenvalue weighted by molar-refractivity contribution is -0.143. The zero-order valence-corrected chi connectivity index (χ0v) is 20.6.